The molecule has 0 aromatic heterocycles. The van der Waals surface area contributed by atoms with Crippen molar-refractivity contribution in [3.63, 3.8) is 0 Å². The standard InChI is InChI=1S/C10H10BrFO5/c1-2-17-10(16)9(15)6-7(12)4(11)3-5(13)8(6)14/h3,9,13-15H,2H2,1H3. The quantitative estimate of drug-likeness (QED) is 0.583. The van der Waals surface area contributed by atoms with Gasteiger partial charge in [-0.2, -0.15) is 0 Å². The smallest absolute Gasteiger partial charge is 0.339 e. The zero-order valence-corrected chi connectivity index (χ0v) is 10.4. The summed E-state index contributed by atoms with van der Waals surface area (Å²) in [6.45, 7) is 1.51. The zero-order valence-electron chi connectivity index (χ0n) is 8.78. The number of phenolic OH excluding ortho intramolecular Hbond substituents is 2. The minimum absolute atomic E-state index is 0.00173. The molecule has 17 heavy (non-hydrogen) atoms. The van der Waals surface area contributed by atoms with E-state index in [1.165, 1.54) is 6.92 Å². The van der Waals surface area contributed by atoms with Gasteiger partial charge in [0.25, 0.3) is 0 Å². The number of carbonyl (C=O) groups excluding carboxylic acids is 1. The van der Waals surface area contributed by atoms with Crippen LogP contribution in [-0.4, -0.2) is 27.9 Å². The van der Waals surface area contributed by atoms with Crippen molar-refractivity contribution in [2.24, 2.45) is 0 Å². The maximum atomic E-state index is 13.6. The monoisotopic (exact) mass is 308 g/mol. The highest BCUT2D eigenvalue weighted by atomic mass is 79.9. The fourth-order valence-electron chi connectivity index (χ4n) is 1.21. The Bertz CT molecular complexity index is 423. The Hall–Kier alpha value is -1.34. The fraction of sp³-hybridized carbons (Fsp3) is 0.300. The lowest BCUT2D eigenvalue weighted by molar-refractivity contribution is -0.153. The predicted molar refractivity (Wildman–Crippen MR) is 59.0 cm³/mol. The van der Waals surface area contributed by atoms with Crippen LogP contribution in [0.1, 0.15) is 18.6 Å². The summed E-state index contributed by atoms with van der Waals surface area (Å²) in [5.41, 5.74) is -0.727. The minimum atomic E-state index is -2.00. The largest absolute Gasteiger partial charge is 0.504 e. The summed E-state index contributed by atoms with van der Waals surface area (Å²) in [6, 6.07) is 0.909. The second kappa shape index (κ2) is 5.33. The summed E-state index contributed by atoms with van der Waals surface area (Å²) in [6.07, 6.45) is -2.00. The predicted octanol–water partition coefficient (Wildman–Crippen LogP) is 1.60. The lowest BCUT2D eigenvalue weighted by Gasteiger charge is -2.14. The van der Waals surface area contributed by atoms with E-state index in [4.69, 9.17) is 0 Å². The molecule has 0 saturated carbocycles. The van der Waals surface area contributed by atoms with E-state index >= 15 is 0 Å². The van der Waals surface area contributed by atoms with E-state index in [2.05, 4.69) is 20.7 Å². The van der Waals surface area contributed by atoms with E-state index in [1.54, 1.807) is 0 Å². The Morgan fingerprint density at radius 3 is 2.71 bits per heavy atom. The van der Waals surface area contributed by atoms with Crippen LogP contribution in [0.2, 0.25) is 0 Å². The number of esters is 1. The number of aliphatic hydroxyl groups is 1. The van der Waals surface area contributed by atoms with Gasteiger partial charge in [-0.05, 0) is 22.9 Å². The van der Waals surface area contributed by atoms with Crippen LogP contribution in [0.25, 0.3) is 0 Å². The minimum Gasteiger partial charge on any atom is -0.504 e. The van der Waals surface area contributed by atoms with Crippen LogP contribution in [-0.2, 0) is 9.53 Å². The molecule has 0 bridgehead atoms. The molecule has 7 heteroatoms. The van der Waals surface area contributed by atoms with E-state index in [9.17, 15) is 24.5 Å². The summed E-state index contributed by atoms with van der Waals surface area (Å²) < 4.78 is 17.9. The van der Waals surface area contributed by atoms with Gasteiger partial charge >= 0.3 is 5.97 Å². The number of rotatable bonds is 3. The molecule has 1 atom stereocenters. The van der Waals surface area contributed by atoms with Gasteiger partial charge in [0.1, 0.15) is 5.82 Å². The van der Waals surface area contributed by atoms with Crippen molar-refractivity contribution in [2.45, 2.75) is 13.0 Å². The number of aromatic hydroxyl groups is 2. The van der Waals surface area contributed by atoms with Crippen molar-refractivity contribution in [2.75, 3.05) is 6.61 Å². The maximum Gasteiger partial charge on any atom is 0.339 e. The molecule has 0 amide bonds. The molecule has 0 aliphatic rings. The van der Waals surface area contributed by atoms with Crippen LogP contribution >= 0.6 is 15.9 Å². The maximum absolute atomic E-state index is 13.6. The van der Waals surface area contributed by atoms with Gasteiger partial charge in [-0.15, -0.1) is 0 Å². The summed E-state index contributed by atoms with van der Waals surface area (Å²) in [5.74, 6) is -3.71. The number of hydrogen-bond acceptors (Lipinski definition) is 5. The average molecular weight is 309 g/mol. The third-order valence-electron chi connectivity index (χ3n) is 1.99. The highest BCUT2D eigenvalue weighted by Crippen LogP contribution is 2.39. The van der Waals surface area contributed by atoms with Gasteiger partial charge in [0.15, 0.2) is 17.6 Å². The molecule has 3 N–H and O–H groups in total. The van der Waals surface area contributed by atoms with Crippen LogP contribution in [0.3, 0.4) is 0 Å². The molecule has 1 unspecified atom stereocenters. The SMILES string of the molecule is CCOC(=O)C(O)c1c(O)c(O)cc(Br)c1F. The molecule has 0 aliphatic carbocycles. The van der Waals surface area contributed by atoms with Crippen LogP contribution < -0.4 is 0 Å². The third kappa shape index (κ3) is 2.67. The van der Waals surface area contributed by atoms with E-state index < -0.39 is 35.0 Å². The molecule has 0 aliphatic heterocycles. The highest BCUT2D eigenvalue weighted by Gasteiger charge is 2.29. The van der Waals surface area contributed by atoms with Crippen LogP contribution in [0.4, 0.5) is 4.39 Å². The molecule has 94 valence electrons. The topological polar surface area (TPSA) is 87.0 Å². The van der Waals surface area contributed by atoms with Crippen molar-refractivity contribution in [1.82, 2.24) is 0 Å². The molecule has 0 fully saturated rings. The highest BCUT2D eigenvalue weighted by molar-refractivity contribution is 9.10. The molecular formula is C10H10BrFO5. The number of aliphatic hydroxyl groups excluding tert-OH is 1. The van der Waals surface area contributed by atoms with Gasteiger partial charge in [-0.3, -0.25) is 0 Å². The van der Waals surface area contributed by atoms with Crippen molar-refractivity contribution < 1.29 is 29.2 Å². The first kappa shape index (κ1) is 13.7. The fourth-order valence-corrected chi connectivity index (χ4v) is 1.64. The van der Waals surface area contributed by atoms with E-state index in [-0.39, 0.29) is 11.1 Å². The van der Waals surface area contributed by atoms with Crippen molar-refractivity contribution in [3.8, 4) is 11.5 Å². The lowest BCUT2D eigenvalue weighted by atomic mass is 10.1. The normalized spacial score (nSPS) is 12.2. The van der Waals surface area contributed by atoms with Crippen molar-refractivity contribution >= 4 is 21.9 Å². The second-order valence-corrected chi connectivity index (χ2v) is 3.96. The zero-order chi connectivity index (χ0) is 13.2. The number of hydrogen-bond donors (Lipinski definition) is 3. The van der Waals surface area contributed by atoms with Crippen molar-refractivity contribution in [1.29, 1.82) is 0 Å². The Kier molecular flexibility index (Phi) is 4.30. The first-order chi connectivity index (χ1) is 7.90. The lowest BCUT2D eigenvalue weighted by Crippen LogP contribution is -2.17. The van der Waals surface area contributed by atoms with Crippen LogP contribution in [0.5, 0.6) is 11.5 Å². The first-order valence-electron chi connectivity index (χ1n) is 4.64. The summed E-state index contributed by atoms with van der Waals surface area (Å²) >= 11 is 2.78. The molecule has 5 nitrogen and oxygen atoms in total. The van der Waals surface area contributed by atoms with Gasteiger partial charge in [0, 0.05) is 6.07 Å². The molecule has 0 spiro atoms. The van der Waals surface area contributed by atoms with Gasteiger partial charge in [-0.25, -0.2) is 9.18 Å². The Labute approximate surface area is 105 Å². The number of phenols is 2. The molecule has 0 radical (unpaired) electrons. The van der Waals surface area contributed by atoms with Crippen LogP contribution in [0.15, 0.2) is 10.5 Å². The second-order valence-electron chi connectivity index (χ2n) is 3.11. The summed E-state index contributed by atoms with van der Waals surface area (Å²) in [7, 11) is 0. The van der Waals surface area contributed by atoms with Gasteiger partial charge < -0.3 is 20.1 Å². The molecular weight excluding hydrogens is 299 g/mol. The molecule has 0 heterocycles. The van der Waals surface area contributed by atoms with Crippen LogP contribution in [0, 0.1) is 5.82 Å². The average Bonchev–Trinajstić information content (AvgIpc) is 2.27. The molecule has 1 aromatic rings. The van der Waals surface area contributed by atoms with E-state index in [0.717, 1.165) is 6.07 Å². The molecule has 1 aromatic carbocycles. The third-order valence-corrected chi connectivity index (χ3v) is 2.57. The number of benzene rings is 1. The van der Waals surface area contributed by atoms with Crippen molar-refractivity contribution in [3.05, 3.63) is 21.9 Å². The van der Waals surface area contributed by atoms with E-state index in [0.29, 0.717) is 0 Å². The number of ether oxygens (including phenoxy) is 1. The van der Waals surface area contributed by atoms with Gasteiger partial charge in [0.05, 0.1) is 16.6 Å². The first-order valence-corrected chi connectivity index (χ1v) is 5.44. The molecule has 1 rings (SSSR count). The Balaban J connectivity index is 3.25. The summed E-state index contributed by atoms with van der Waals surface area (Å²) in [5, 5.41) is 28.2. The number of halogens is 2. The summed E-state index contributed by atoms with van der Waals surface area (Å²) in [4.78, 5) is 11.2. The van der Waals surface area contributed by atoms with E-state index in [1.807, 2.05) is 0 Å². The van der Waals surface area contributed by atoms with Gasteiger partial charge in [0.2, 0.25) is 0 Å². The van der Waals surface area contributed by atoms with Gasteiger partial charge in [-0.1, -0.05) is 0 Å². The molecule has 0 saturated heterocycles. The number of carbonyl (C=O) groups is 1. The Morgan fingerprint density at radius 2 is 2.18 bits per heavy atom. The Morgan fingerprint density at radius 1 is 1.59 bits per heavy atom.